The highest BCUT2D eigenvalue weighted by Gasteiger charge is 2.27. The molecule has 0 aliphatic carbocycles. The van der Waals surface area contributed by atoms with Crippen molar-refractivity contribution in [1.82, 2.24) is 4.90 Å². The van der Waals surface area contributed by atoms with Gasteiger partial charge in [-0.3, -0.25) is 9.69 Å². The molecule has 1 heterocycles. The SMILES string of the molecule is CCOC(=O)[C@@H]1CCCN(Cc2ccc(OC)cc2OC)C1. The summed E-state index contributed by atoms with van der Waals surface area (Å²) in [6.45, 7) is 4.80. The van der Waals surface area contributed by atoms with Crippen molar-refractivity contribution >= 4 is 5.97 Å². The molecule has 5 nitrogen and oxygen atoms in total. The standard InChI is InChI=1S/C17H25NO4/c1-4-22-17(19)14-6-5-9-18(12-14)11-13-7-8-15(20-2)10-16(13)21-3/h7-8,10,14H,4-6,9,11-12H2,1-3H3/t14-/m1/s1. The summed E-state index contributed by atoms with van der Waals surface area (Å²) >= 11 is 0. The minimum Gasteiger partial charge on any atom is -0.497 e. The monoisotopic (exact) mass is 307 g/mol. The average molecular weight is 307 g/mol. The average Bonchev–Trinajstić information content (AvgIpc) is 2.55. The normalized spacial score (nSPS) is 18.8. The zero-order valence-electron chi connectivity index (χ0n) is 13.6. The van der Waals surface area contributed by atoms with Gasteiger partial charge in [-0.05, 0) is 32.4 Å². The fraction of sp³-hybridized carbons (Fsp3) is 0.588. The number of benzene rings is 1. The summed E-state index contributed by atoms with van der Waals surface area (Å²) in [5.41, 5.74) is 1.10. The maximum atomic E-state index is 11.9. The molecule has 1 aromatic rings. The van der Waals surface area contributed by atoms with Crippen LogP contribution in [-0.2, 0) is 16.1 Å². The molecule has 1 aromatic carbocycles. The summed E-state index contributed by atoms with van der Waals surface area (Å²) in [4.78, 5) is 14.2. The Labute approximate surface area is 132 Å². The van der Waals surface area contributed by atoms with Gasteiger partial charge in [0.1, 0.15) is 11.5 Å². The van der Waals surface area contributed by atoms with Crippen LogP contribution in [0, 0.1) is 5.92 Å². The predicted molar refractivity (Wildman–Crippen MR) is 84.2 cm³/mol. The topological polar surface area (TPSA) is 48.0 Å². The zero-order chi connectivity index (χ0) is 15.9. The maximum Gasteiger partial charge on any atom is 0.310 e. The fourth-order valence-electron chi connectivity index (χ4n) is 2.88. The van der Waals surface area contributed by atoms with Crippen LogP contribution in [0.3, 0.4) is 0 Å². The Balaban J connectivity index is 2.02. The van der Waals surface area contributed by atoms with Crippen molar-refractivity contribution in [2.75, 3.05) is 33.9 Å². The van der Waals surface area contributed by atoms with E-state index in [4.69, 9.17) is 14.2 Å². The number of ether oxygens (including phenoxy) is 3. The molecule has 1 fully saturated rings. The first-order valence-corrected chi connectivity index (χ1v) is 7.77. The van der Waals surface area contributed by atoms with Crippen LogP contribution in [0.25, 0.3) is 0 Å². The third kappa shape index (κ3) is 4.13. The minimum absolute atomic E-state index is 0.0158. The molecule has 0 radical (unpaired) electrons. The van der Waals surface area contributed by atoms with E-state index in [1.807, 2.05) is 25.1 Å². The van der Waals surface area contributed by atoms with E-state index in [0.29, 0.717) is 6.61 Å². The summed E-state index contributed by atoms with van der Waals surface area (Å²) in [5, 5.41) is 0. The number of piperidine rings is 1. The summed E-state index contributed by atoms with van der Waals surface area (Å²) in [7, 11) is 3.30. The molecule has 0 spiro atoms. The number of hydrogen-bond acceptors (Lipinski definition) is 5. The van der Waals surface area contributed by atoms with E-state index < -0.39 is 0 Å². The molecule has 1 aliphatic rings. The number of rotatable bonds is 6. The highest BCUT2D eigenvalue weighted by Crippen LogP contribution is 2.27. The largest absolute Gasteiger partial charge is 0.497 e. The number of carbonyl (C=O) groups excluding carboxylic acids is 1. The second-order valence-corrected chi connectivity index (χ2v) is 5.50. The molecule has 22 heavy (non-hydrogen) atoms. The van der Waals surface area contributed by atoms with Crippen LogP contribution in [-0.4, -0.2) is 44.8 Å². The first kappa shape index (κ1) is 16.6. The summed E-state index contributed by atoms with van der Waals surface area (Å²) in [5.74, 6) is 1.51. The summed E-state index contributed by atoms with van der Waals surface area (Å²) < 4.78 is 15.8. The van der Waals surface area contributed by atoms with Crippen LogP contribution in [0.1, 0.15) is 25.3 Å². The lowest BCUT2D eigenvalue weighted by molar-refractivity contribution is -0.150. The molecule has 1 atom stereocenters. The van der Waals surface area contributed by atoms with Gasteiger partial charge >= 0.3 is 5.97 Å². The Hall–Kier alpha value is -1.75. The van der Waals surface area contributed by atoms with Crippen LogP contribution in [0.4, 0.5) is 0 Å². The molecule has 0 saturated carbocycles. The van der Waals surface area contributed by atoms with Gasteiger partial charge in [-0.15, -0.1) is 0 Å². The Bertz CT molecular complexity index is 503. The van der Waals surface area contributed by atoms with Crippen molar-refractivity contribution < 1.29 is 19.0 Å². The lowest BCUT2D eigenvalue weighted by Gasteiger charge is -2.31. The Morgan fingerprint density at radius 1 is 1.32 bits per heavy atom. The van der Waals surface area contributed by atoms with Crippen molar-refractivity contribution in [3.05, 3.63) is 23.8 Å². The number of methoxy groups -OCH3 is 2. The van der Waals surface area contributed by atoms with Crippen LogP contribution < -0.4 is 9.47 Å². The van der Waals surface area contributed by atoms with Gasteiger partial charge in [-0.2, -0.15) is 0 Å². The highest BCUT2D eigenvalue weighted by molar-refractivity contribution is 5.72. The quantitative estimate of drug-likeness (QED) is 0.756. The van der Waals surface area contributed by atoms with Gasteiger partial charge in [0.05, 0.1) is 26.7 Å². The smallest absolute Gasteiger partial charge is 0.310 e. The minimum atomic E-state index is -0.0751. The van der Waals surface area contributed by atoms with Gasteiger partial charge in [-0.1, -0.05) is 6.07 Å². The molecule has 0 N–H and O–H groups in total. The van der Waals surface area contributed by atoms with Gasteiger partial charge in [0.25, 0.3) is 0 Å². The van der Waals surface area contributed by atoms with Crippen molar-refractivity contribution in [3.8, 4) is 11.5 Å². The molecular weight excluding hydrogens is 282 g/mol. The molecule has 2 rings (SSSR count). The van der Waals surface area contributed by atoms with E-state index in [1.165, 1.54) is 0 Å². The van der Waals surface area contributed by atoms with E-state index in [1.54, 1.807) is 14.2 Å². The molecule has 5 heteroatoms. The van der Waals surface area contributed by atoms with Crippen LogP contribution in [0.15, 0.2) is 18.2 Å². The van der Waals surface area contributed by atoms with E-state index in [9.17, 15) is 4.79 Å². The van der Waals surface area contributed by atoms with Crippen molar-refractivity contribution in [2.45, 2.75) is 26.3 Å². The maximum absolute atomic E-state index is 11.9. The van der Waals surface area contributed by atoms with Gasteiger partial charge in [0.15, 0.2) is 0 Å². The van der Waals surface area contributed by atoms with E-state index in [0.717, 1.165) is 49.5 Å². The molecule has 1 saturated heterocycles. The van der Waals surface area contributed by atoms with Gasteiger partial charge < -0.3 is 14.2 Å². The van der Waals surface area contributed by atoms with Gasteiger partial charge in [0, 0.05) is 24.7 Å². The van der Waals surface area contributed by atoms with Crippen LogP contribution in [0.2, 0.25) is 0 Å². The number of likely N-dealkylation sites (tertiary alicyclic amines) is 1. The van der Waals surface area contributed by atoms with E-state index in [-0.39, 0.29) is 11.9 Å². The molecule has 122 valence electrons. The fourth-order valence-corrected chi connectivity index (χ4v) is 2.88. The summed E-state index contributed by atoms with van der Waals surface area (Å²) in [6, 6.07) is 5.85. The first-order valence-electron chi connectivity index (χ1n) is 7.77. The van der Waals surface area contributed by atoms with Crippen LogP contribution >= 0.6 is 0 Å². The van der Waals surface area contributed by atoms with Crippen molar-refractivity contribution in [1.29, 1.82) is 0 Å². The predicted octanol–water partition coefficient (Wildman–Crippen LogP) is 2.48. The van der Waals surface area contributed by atoms with Gasteiger partial charge in [0.2, 0.25) is 0 Å². The number of nitrogens with zero attached hydrogens (tertiary/aromatic N) is 1. The lowest BCUT2D eigenvalue weighted by Crippen LogP contribution is -2.39. The third-order valence-electron chi connectivity index (χ3n) is 4.01. The first-order chi connectivity index (χ1) is 10.7. The number of esters is 1. The van der Waals surface area contributed by atoms with Crippen LogP contribution in [0.5, 0.6) is 11.5 Å². The second kappa shape index (κ2) is 8.03. The van der Waals surface area contributed by atoms with Gasteiger partial charge in [-0.25, -0.2) is 0 Å². The molecule has 0 bridgehead atoms. The molecule has 0 aromatic heterocycles. The van der Waals surface area contributed by atoms with E-state index in [2.05, 4.69) is 4.90 Å². The molecule has 0 unspecified atom stereocenters. The zero-order valence-corrected chi connectivity index (χ0v) is 13.6. The summed E-state index contributed by atoms with van der Waals surface area (Å²) in [6.07, 6.45) is 1.93. The van der Waals surface area contributed by atoms with E-state index >= 15 is 0 Å². The van der Waals surface area contributed by atoms with Crippen molar-refractivity contribution in [2.24, 2.45) is 5.92 Å². The lowest BCUT2D eigenvalue weighted by atomic mass is 9.97. The molecule has 0 amide bonds. The Morgan fingerprint density at radius 3 is 2.82 bits per heavy atom. The number of hydrogen-bond donors (Lipinski definition) is 0. The molecule has 1 aliphatic heterocycles. The second-order valence-electron chi connectivity index (χ2n) is 5.50. The number of carbonyl (C=O) groups is 1. The third-order valence-corrected chi connectivity index (χ3v) is 4.01. The highest BCUT2D eigenvalue weighted by atomic mass is 16.5. The Kier molecular flexibility index (Phi) is 6.07. The molecular formula is C17H25NO4. The Morgan fingerprint density at radius 2 is 2.14 bits per heavy atom. The van der Waals surface area contributed by atoms with Crippen molar-refractivity contribution in [3.63, 3.8) is 0 Å².